The second kappa shape index (κ2) is 7.02. The highest BCUT2D eigenvalue weighted by molar-refractivity contribution is 9.10. The standard InChI is InChI=1S/C17H14BrN3O4/c18-14-3-1-2-4-15(14)20-10-11(9-16(20)22)17(23)19-12-5-7-13(8-6-12)21(24)25/h1-8,11H,9-10H2,(H,19,23). The molecule has 1 saturated heterocycles. The Hall–Kier alpha value is -2.74. The molecule has 3 rings (SSSR count). The van der Waals surface area contributed by atoms with E-state index in [1.807, 2.05) is 24.3 Å². The summed E-state index contributed by atoms with van der Waals surface area (Å²) >= 11 is 3.41. The van der Waals surface area contributed by atoms with Crippen LogP contribution in [0.4, 0.5) is 17.1 Å². The predicted molar refractivity (Wildman–Crippen MR) is 96.3 cm³/mol. The molecule has 0 aromatic heterocycles. The largest absolute Gasteiger partial charge is 0.326 e. The zero-order chi connectivity index (χ0) is 18.0. The van der Waals surface area contributed by atoms with Gasteiger partial charge in [-0.2, -0.15) is 0 Å². The van der Waals surface area contributed by atoms with Gasteiger partial charge in [0.25, 0.3) is 5.69 Å². The number of benzene rings is 2. The van der Waals surface area contributed by atoms with Crippen molar-refractivity contribution in [3.8, 4) is 0 Å². The van der Waals surface area contributed by atoms with Gasteiger partial charge in [-0.1, -0.05) is 12.1 Å². The zero-order valence-corrected chi connectivity index (χ0v) is 14.6. The summed E-state index contributed by atoms with van der Waals surface area (Å²) in [5, 5.41) is 13.4. The molecule has 0 bridgehead atoms. The van der Waals surface area contributed by atoms with Gasteiger partial charge >= 0.3 is 0 Å². The van der Waals surface area contributed by atoms with Crippen LogP contribution in [0.2, 0.25) is 0 Å². The first-order chi connectivity index (χ1) is 12.0. The molecule has 8 heteroatoms. The number of nitro groups is 1. The zero-order valence-electron chi connectivity index (χ0n) is 13.0. The van der Waals surface area contributed by atoms with Gasteiger partial charge in [0.1, 0.15) is 0 Å². The second-order valence-corrected chi connectivity index (χ2v) is 6.50. The van der Waals surface area contributed by atoms with E-state index in [0.717, 1.165) is 10.2 Å². The van der Waals surface area contributed by atoms with Crippen LogP contribution in [0.15, 0.2) is 53.0 Å². The number of nitro benzene ring substituents is 1. The monoisotopic (exact) mass is 403 g/mol. The molecule has 1 unspecified atom stereocenters. The Balaban J connectivity index is 1.68. The lowest BCUT2D eigenvalue weighted by Crippen LogP contribution is -2.28. The summed E-state index contributed by atoms with van der Waals surface area (Å²) in [4.78, 5) is 36.4. The third kappa shape index (κ3) is 3.69. The first-order valence-corrected chi connectivity index (χ1v) is 8.35. The number of para-hydroxylation sites is 1. The topological polar surface area (TPSA) is 92.5 Å². The van der Waals surface area contributed by atoms with Crippen LogP contribution in [-0.4, -0.2) is 23.3 Å². The second-order valence-electron chi connectivity index (χ2n) is 5.65. The summed E-state index contributed by atoms with van der Waals surface area (Å²) in [6.07, 6.45) is 0.125. The molecule has 0 radical (unpaired) electrons. The molecule has 2 amide bonds. The Morgan fingerprint density at radius 1 is 1.20 bits per heavy atom. The van der Waals surface area contributed by atoms with Gasteiger partial charge in [0.2, 0.25) is 11.8 Å². The van der Waals surface area contributed by atoms with E-state index in [9.17, 15) is 19.7 Å². The van der Waals surface area contributed by atoms with Crippen molar-refractivity contribution in [1.29, 1.82) is 0 Å². The minimum Gasteiger partial charge on any atom is -0.326 e. The number of rotatable bonds is 4. The molecule has 128 valence electrons. The van der Waals surface area contributed by atoms with Crippen LogP contribution in [0.25, 0.3) is 0 Å². The first-order valence-electron chi connectivity index (χ1n) is 7.56. The molecule has 1 N–H and O–H groups in total. The fraction of sp³-hybridized carbons (Fsp3) is 0.176. The molecule has 0 spiro atoms. The minimum atomic E-state index is -0.503. The molecular formula is C17H14BrN3O4. The molecule has 1 aliphatic heterocycles. The van der Waals surface area contributed by atoms with Gasteiger partial charge in [0, 0.05) is 35.3 Å². The number of amides is 2. The summed E-state index contributed by atoms with van der Waals surface area (Å²) in [6.45, 7) is 0.292. The molecule has 1 heterocycles. The van der Waals surface area contributed by atoms with Gasteiger partial charge in [0.05, 0.1) is 16.5 Å². The lowest BCUT2D eigenvalue weighted by molar-refractivity contribution is -0.384. The van der Waals surface area contributed by atoms with Crippen LogP contribution in [0, 0.1) is 16.0 Å². The number of hydrogen-bond donors (Lipinski definition) is 1. The summed E-state index contributed by atoms with van der Waals surface area (Å²) < 4.78 is 0.791. The lowest BCUT2D eigenvalue weighted by atomic mass is 10.1. The van der Waals surface area contributed by atoms with Crippen LogP contribution in [0.5, 0.6) is 0 Å². The summed E-state index contributed by atoms with van der Waals surface area (Å²) in [6, 6.07) is 12.9. The number of halogens is 1. The van der Waals surface area contributed by atoms with Crippen molar-refractivity contribution in [2.24, 2.45) is 5.92 Å². The number of carbonyl (C=O) groups is 2. The van der Waals surface area contributed by atoms with Crippen molar-refractivity contribution >= 4 is 44.8 Å². The van der Waals surface area contributed by atoms with E-state index < -0.39 is 10.8 Å². The maximum Gasteiger partial charge on any atom is 0.269 e. The van der Waals surface area contributed by atoms with E-state index in [-0.39, 0.29) is 23.9 Å². The van der Waals surface area contributed by atoms with E-state index in [2.05, 4.69) is 21.2 Å². The van der Waals surface area contributed by atoms with Gasteiger partial charge in [-0.3, -0.25) is 19.7 Å². The average molecular weight is 404 g/mol. The number of hydrogen-bond acceptors (Lipinski definition) is 4. The molecule has 25 heavy (non-hydrogen) atoms. The fourth-order valence-electron chi connectivity index (χ4n) is 2.70. The molecular weight excluding hydrogens is 390 g/mol. The maximum absolute atomic E-state index is 12.4. The molecule has 1 fully saturated rings. The van der Waals surface area contributed by atoms with Crippen LogP contribution in [0.1, 0.15) is 6.42 Å². The third-order valence-corrected chi connectivity index (χ3v) is 4.66. The van der Waals surface area contributed by atoms with Crippen molar-refractivity contribution in [3.05, 3.63) is 63.1 Å². The Morgan fingerprint density at radius 2 is 1.88 bits per heavy atom. The molecule has 1 atom stereocenters. The Labute approximate surface area is 151 Å². The highest BCUT2D eigenvalue weighted by Gasteiger charge is 2.35. The van der Waals surface area contributed by atoms with E-state index in [4.69, 9.17) is 0 Å². The molecule has 2 aromatic carbocycles. The van der Waals surface area contributed by atoms with Crippen molar-refractivity contribution in [1.82, 2.24) is 0 Å². The van der Waals surface area contributed by atoms with Crippen molar-refractivity contribution in [3.63, 3.8) is 0 Å². The molecule has 0 aliphatic carbocycles. The summed E-state index contributed by atoms with van der Waals surface area (Å²) in [5.41, 5.74) is 1.15. The first kappa shape index (κ1) is 17.1. The average Bonchev–Trinajstić information content (AvgIpc) is 2.97. The highest BCUT2D eigenvalue weighted by Crippen LogP contribution is 2.31. The summed E-state index contributed by atoms with van der Waals surface area (Å²) in [7, 11) is 0. The highest BCUT2D eigenvalue weighted by atomic mass is 79.9. The number of carbonyl (C=O) groups excluding carboxylic acids is 2. The van der Waals surface area contributed by atoms with E-state index in [1.54, 1.807) is 4.90 Å². The van der Waals surface area contributed by atoms with Gasteiger partial charge < -0.3 is 10.2 Å². The van der Waals surface area contributed by atoms with E-state index in [0.29, 0.717) is 12.2 Å². The van der Waals surface area contributed by atoms with Crippen LogP contribution >= 0.6 is 15.9 Å². The number of non-ortho nitro benzene ring substituents is 1. The van der Waals surface area contributed by atoms with E-state index in [1.165, 1.54) is 24.3 Å². The minimum absolute atomic E-state index is 0.0471. The van der Waals surface area contributed by atoms with Gasteiger partial charge in [-0.05, 0) is 40.2 Å². The Kier molecular flexibility index (Phi) is 4.80. The quantitative estimate of drug-likeness (QED) is 0.625. The summed E-state index contributed by atoms with van der Waals surface area (Å²) in [5.74, 6) is -0.873. The van der Waals surface area contributed by atoms with Gasteiger partial charge in [0.15, 0.2) is 0 Å². The van der Waals surface area contributed by atoms with Crippen LogP contribution in [-0.2, 0) is 9.59 Å². The number of anilines is 2. The molecule has 0 saturated carbocycles. The van der Waals surface area contributed by atoms with Crippen molar-refractivity contribution in [2.75, 3.05) is 16.8 Å². The van der Waals surface area contributed by atoms with Gasteiger partial charge in [-0.25, -0.2) is 0 Å². The molecule has 7 nitrogen and oxygen atoms in total. The third-order valence-electron chi connectivity index (χ3n) is 3.98. The predicted octanol–water partition coefficient (Wildman–Crippen LogP) is 3.35. The van der Waals surface area contributed by atoms with Crippen LogP contribution < -0.4 is 10.2 Å². The smallest absolute Gasteiger partial charge is 0.269 e. The molecule has 2 aromatic rings. The normalized spacial score (nSPS) is 16.8. The van der Waals surface area contributed by atoms with Gasteiger partial charge in [-0.15, -0.1) is 0 Å². The van der Waals surface area contributed by atoms with Crippen LogP contribution in [0.3, 0.4) is 0 Å². The Morgan fingerprint density at radius 3 is 2.52 bits per heavy atom. The Bertz CT molecular complexity index is 838. The molecule has 1 aliphatic rings. The fourth-order valence-corrected chi connectivity index (χ4v) is 3.20. The van der Waals surface area contributed by atoms with Crippen molar-refractivity contribution < 1.29 is 14.5 Å². The number of nitrogens with one attached hydrogen (secondary N) is 1. The number of nitrogens with zero attached hydrogens (tertiary/aromatic N) is 2. The lowest BCUT2D eigenvalue weighted by Gasteiger charge is -2.18. The maximum atomic E-state index is 12.4. The van der Waals surface area contributed by atoms with Crippen molar-refractivity contribution in [2.45, 2.75) is 6.42 Å². The van der Waals surface area contributed by atoms with E-state index >= 15 is 0 Å². The SMILES string of the molecule is O=C(Nc1ccc([N+](=O)[O-])cc1)C1CC(=O)N(c2ccccc2Br)C1.